The van der Waals surface area contributed by atoms with Gasteiger partial charge in [-0.1, -0.05) is 49.4 Å². The molecule has 0 bridgehead atoms. The summed E-state index contributed by atoms with van der Waals surface area (Å²) >= 11 is 0. The average molecular weight is 280 g/mol. The molecule has 1 aliphatic rings. The summed E-state index contributed by atoms with van der Waals surface area (Å²) in [4.78, 5) is 10.9. The lowest BCUT2D eigenvalue weighted by atomic mass is 9.85. The third-order valence-corrected chi connectivity index (χ3v) is 4.51. The Hall–Kier alpha value is -2.09. The van der Waals surface area contributed by atoms with Gasteiger partial charge in [0, 0.05) is 12.3 Å². The van der Waals surface area contributed by atoms with Crippen molar-refractivity contribution in [2.75, 3.05) is 0 Å². The van der Waals surface area contributed by atoms with Crippen LogP contribution in [-0.2, 0) is 24.1 Å². The number of rotatable bonds is 3. The van der Waals surface area contributed by atoms with Gasteiger partial charge >= 0.3 is 5.97 Å². The van der Waals surface area contributed by atoms with Gasteiger partial charge in [0.25, 0.3) is 0 Å². The molecule has 0 aromatic heterocycles. The van der Waals surface area contributed by atoms with Crippen molar-refractivity contribution in [3.8, 4) is 0 Å². The second-order valence-corrected chi connectivity index (χ2v) is 5.80. The molecule has 0 fully saturated rings. The van der Waals surface area contributed by atoms with Crippen LogP contribution in [0.25, 0.3) is 0 Å². The topological polar surface area (TPSA) is 37.3 Å². The first-order chi connectivity index (χ1) is 10.2. The van der Waals surface area contributed by atoms with Gasteiger partial charge in [0.1, 0.15) is 0 Å². The highest BCUT2D eigenvalue weighted by molar-refractivity contribution is 5.67. The first kappa shape index (κ1) is 13.9. The molecule has 2 nitrogen and oxygen atoms in total. The zero-order chi connectivity index (χ0) is 14.8. The Bertz CT molecular complexity index is 673. The molecule has 0 radical (unpaired) electrons. The standard InChI is InChI=1S/C19H20O2/c1-13-17-8-3-2-5-14(17)9-10-15-6-4-7-16(19(13)15)11-12-18(20)21/h2-8,13H,9-12H2,1H3,(H,20,21)/t13-/m1/s1. The Labute approximate surface area is 125 Å². The molecule has 1 atom stereocenters. The van der Waals surface area contributed by atoms with E-state index in [4.69, 9.17) is 5.11 Å². The first-order valence-corrected chi connectivity index (χ1v) is 7.57. The molecule has 0 amide bonds. The van der Waals surface area contributed by atoms with Gasteiger partial charge in [0.05, 0.1) is 0 Å². The molecule has 108 valence electrons. The van der Waals surface area contributed by atoms with Crippen molar-refractivity contribution in [1.29, 1.82) is 0 Å². The maximum absolute atomic E-state index is 10.9. The number of hydrogen-bond donors (Lipinski definition) is 1. The molecule has 0 saturated carbocycles. The smallest absolute Gasteiger partial charge is 0.303 e. The predicted octanol–water partition coefficient (Wildman–Crippen LogP) is 3.95. The molecule has 0 saturated heterocycles. The molecular formula is C19H20O2. The van der Waals surface area contributed by atoms with Gasteiger partial charge in [-0.05, 0) is 47.1 Å². The van der Waals surface area contributed by atoms with Crippen molar-refractivity contribution in [2.24, 2.45) is 0 Å². The number of benzene rings is 2. The highest BCUT2D eigenvalue weighted by Gasteiger charge is 2.22. The summed E-state index contributed by atoms with van der Waals surface area (Å²) in [6.45, 7) is 2.24. The molecule has 0 unspecified atom stereocenters. The van der Waals surface area contributed by atoms with Gasteiger partial charge in [-0.3, -0.25) is 4.79 Å². The van der Waals surface area contributed by atoms with Crippen LogP contribution in [0.4, 0.5) is 0 Å². The molecule has 2 aromatic rings. The van der Waals surface area contributed by atoms with Crippen LogP contribution >= 0.6 is 0 Å². The molecule has 2 heteroatoms. The minimum atomic E-state index is -0.728. The van der Waals surface area contributed by atoms with E-state index in [2.05, 4.69) is 49.4 Å². The third kappa shape index (κ3) is 2.71. The maximum Gasteiger partial charge on any atom is 0.303 e. The van der Waals surface area contributed by atoms with Gasteiger partial charge < -0.3 is 5.11 Å². The van der Waals surface area contributed by atoms with E-state index in [1.54, 1.807) is 0 Å². The van der Waals surface area contributed by atoms with Gasteiger partial charge in [-0.15, -0.1) is 0 Å². The van der Waals surface area contributed by atoms with Crippen LogP contribution in [0.15, 0.2) is 42.5 Å². The van der Waals surface area contributed by atoms with Crippen molar-refractivity contribution >= 4 is 5.97 Å². The normalized spacial score (nSPS) is 16.7. The second kappa shape index (κ2) is 5.72. The lowest BCUT2D eigenvalue weighted by Gasteiger charge is -2.19. The summed E-state index contributed by atoms with van der Waals surface area (Å²) in [6, 6.07) is 15.0. The molecule has 1 aliphatic carbocycles. The Morgan fingerprint density at radius 1 is 1.10 bits per heavy atom. The summed E-state index contributed by atoms with van der Waals surface area (Å²) in [6.07, 6.45) is 2.92. The van der Waals surface area contributed by atoms with Crippen LogP contribution in [0.5, 0.6) is 0 Å². The fourth-order valence-electron chi connectivity index (χ4n) is 3.51. The van der Waals surface area contributed by atoms with Crippen LogP contribution in [0.1, 0.15) is 47.1 Å². The first-order valence-electron chi connectivity index (χ1n) is 7.57. The van der Waals surface area contributed by atoms with E-state index in [1.165, 1.54) is 27.8 Å². The van der Waals surface area contributed by atoms with Crippen molar-refractivity contribution in [3.05, 3.63) is 70.3 Å². The average Bonchev–Trinajstić information content (AvgIpc) is 2.64. The fraction of sp³-hybridized carbons (Fsp3) is 0.316. The minimum Gasteiger partial charge on any atom is -0.481 e. The SMILES string of the molecule is C[C@@H]1c2ccccc2CCc2cccc(CCC(=O)O)c21. The lowest BCUT2D eigenvalue weighted by Crippen LogP contribution is -2.06. The summed E-state index contributed by atoms with van der Waals surface area (Å²) < 4.78 is 0. The molecule has 3 rings (SSSR count). The zero-order valence-corrected chi connectivity index (χ0v) is 12.3. The third-order valence-electron chi connectivity index (χ3n) is 4.51. The maximum atomic E-state index is 10.9. The largest absolute Gasteiger partial charge is 0.481 e. The van der Waals surface area contributed by atoms with Gasteiger partial charge in [-0.2, -0.15) is 0 Å². The number of carbonyl (C=O) groups is 1. The van der Waals surface area contributed by atoms with Gasteiger partial charge in [0.15, 0.2) is 0 Å². The zero-order valence-electron chi connectivity index (χ0n) is 12.3. The fourth-order valence-corrected chi connectivity index (χ4v) is 3.51. The van der Waals surface area contributed by atoms with E-state index < -0.39 is 5.97 Å². The Morgan fingerprint density at radius 3 is 2.62 bits per heavy atom. The highest BCUT2D eigenvalue weighted by atomic mass is 16.4. The van der Waals surface area contributed by atoms with Crippen LogP contribution in [0.3, 0.4) is 0 Å². The number of fused-ring (bicyclic) bond motifs is 2. The Morgan fingerprint density at radius 2 is 1.81 bits per heavy atom. The number of aryl methyl sites for hydroxylation is 3. The van der Waals surface area contributed by atoms with Crippen LogP contribution < -0.4 is 0 Å². The number of carboxylic acid groups (broad SMARTS) is 1. The second-order valence-electron chi connectivity index (χ2n) is 5.80. The summed E-state index contributed by atoms with van der Waals surface area (Å²) in [7, 11) is 0. The molecule has 0 aliphatic heterocycles. The predicted molar refractivity (Wildman–Crippen MR) is 83.8 cm³/mol. The quantitative estimate of drug-likeness (QED) is 0.924. The minimum absolute atomic E-state index is 0.199. The molecule has 2 aromatic carbocycles. The van der Waals surface area contributed by atoms with E-state index in [0.717, 1.165) is 12.8 Å². The van der Waals surface area contributed by atoms with Gasteiger partial charge in [-0.25, -0.2) is 0 Å². The Kier molecular flexibility index (Phi) is 3.78. The van der Waals surface area contributed by atoms with E-state index in [-0.39, 0.29) is 6.42 Å². The molecular weight excluding hydrogens is 260 g/mol. The monoisotopic (exact) mass is 280 g/mol. The van der Waals surface area contributed by atoms with E-state index in [1.807, 2.05) is 0 Å². The summed E-state index contributed by atoms with van der Waals surface area (Å²) in [5.74, 6) is -0.391. The number of aliphatic carboxylic acids is 1. The summed E-state index contributed by atoms with van der Waals surface area (Å²) in [5, 5.41) is 8.96. The van der Waals surface area contributed by atoms with Crippen molar-refractivity contribution < 1.29 is 9.90 Å². The lowest BCUT2D eigenvalue weighted by molar-refractivity contribution is -0.136. The van der Waals surface area contributed by atoms with Crippen LogP contribution in [0, 0.1) is 0 Å². The van der Waals surface area contributed by atoms with E-state index >= 15 is 0 Å². The van der Waals surface area contributed by atoms with E-state index in [9.17, 15) is 4.79 Å². The number of hydrogen-bond acceptors (Lipinski definition) is 1. The van der Waals surface area contributed by atoms with Crippen LogP contribution in [0.2, 0.25) is 0 Å². The highest BCUT2D eigenvalue weighted by Crippen LogP contribution is 2.36. The molecule has 0 heterocycles. The van der Waals surface area contributed by atoms with Crippen LogP contribution in [-0.4, -0.2) is 11.1 Å². The van der Waals surface area contributed by atoms with Crippen molar-refractivity contribution in [2.45, 2.75) is 38.5 Å². The van der Waals surface area contributed by atoms with Gasteiger partial charge in [0.2, 0.25) is 0 Å². The van der Waals surface area contributed by atoms with E-state index in [0.29, 0.717) is 12.3 Å². The Balaban J connectivity index is 2.05. The molecule has 1 N–H and O–H groups in total. The summed E-state index contributed by atoms with van der Waals surface area (Å²) in [5.41, 5.74) is 6.73. The molecule has 21 heavy (non-hydrogen) atoms. The molecule has 0 spiro atoms. The van der Waals surface area contributed by atoms with Crippen molar-refractivity contribution in [3.63, 3.8) is 0 Å². The number of carboxylic acids is 1. The van der Waals surface area contributed by atoms with Crippen molar-refractivity contribution in [1.82, 2.24) is 0 Å².